The second kappa shape index (κ2) is 4.98. The maximum Gasteiger partial charge on any atom is 0.239 e. The van der Waals surface area contributed by atoms with E-state index in [1.165, 1.54) is 0 Å². The van der Waals surface area contributed by atoms with Crippen LogP contribution in [0.2, 0.25) is 5.02 Å². The Balaban J connectivity index is 2.05. The predicted molar refractivity (Wildman–Crippen MR) is 69.4 cm³/mol. The van der Waals surface area contributed by atoms with E-state index in [0.29, 0.717) is 5.02 Å². The van der Waals surface area contributed by atoms with Crippen LogP contribution < -0.4 is 10.6 Å². The lowest BCUT2D eigenvalue weighted by molar-refractivity contribution is -0.127. The highest BCUT2D eigenvalue weighted by atomic mass is 35.5. The van der Waals surface area contributed by atoms with Crippen molar-refractivity contribution >= 4 is 23.4 Å². The highest BCUT2D eigenvalue weighted by molar-refractivity contribution is 6.30. The molecule has 1 aliphatic rings. The van der Waals surface area contributed by atoms with Gasteiger partial charge in [-0.2, -0.15) is 0 Å². The van der Waals surface area contributed by atoms with Gasteiger partial charge in [-0.3, -0.25) is 9.59 Å². The van der Waals surface area contributed by atoms with Crippen molar-refractivity contribution in [1.82, 2.24) is 10.6 Å². The topological polar surface area (TPSA) is 58.2 Å². The molecule has 5 heteroatoms. The molecular weight excluding hydrogens is 252 g/mol. The molecule has 0 unspecified atom stereocenters. The van der Waals surface area contributed by atoms with Gasteiger partial charge in [-0.05, 0) is 30.5 Å². The van der Waals surface area contributed by atoms with Crippen LogP contribution in [-0.4, -0.2) is 25.4 Å². The van der Waals surface area contributed by atoms with E-state index in [9.17, 15) is 9.59 Å². The number of carbonyl (C=O) groups is 2. The Morgan fingerprint density at radius 1 is 1.28 bits per heavy atom. The summed E-state index contributed by atoms with van der Waals surface area (Å²) in [5, 5.41) is 5.79. The smallest absolute Gasteiger partial charge is 0.239 e. The second-order valence-corrected chi connectivity index (χ2v) is 4.88. The summed E-state index contributed by atoms with van der Waals surface area (Å²) in [7, 11) is 1.54. The molecule has 1 fully saturated rings. The van der Waals surface area contributed by atoms with Gasteiger partial charge in [-0.1, -0.05) is 23.7 Å². The van der Waals surface area contributed by atoms with E-state index in [-0.39, 0.29) is 18.4 Å². The van der Waals surface area contributed by atoms with Gasteiger partial charge in [0.05, 0.1) is 12.0 Å². The van der Waals surface area contributed by atoms with Crippen molar-refractivity contribution in [3.8, 4) is 0 Å². The first-order valence-corrected chi connectivity index (χ1v) is 6.21. The van der Waals surface area contributed by atoms with E-state index < -0.39 is 5.41 Å². The average Bonchev–Trinajstić information content (AvgIpc) is 3.17. The summed E-state index contributed by atoms with van der Waals surface area (Å²) in [6.45, 7) is 0.0185. The molecule has 0 bridgehead atoms. The summed E-state index contributed by atoms with van der Waals surface area (Å²) >= 11 is 5.83. The number of likely N-dealkylation sites (N-methyl/N-ethyl adjacent to an activating group) is 1. The first kappa shape index (κ1) is 12.9. The lowest BCUT2D eigenvalue weighted by atomic mass is 9.95. The Hall–Kier alpha value is -1.55. The quantitative estimate of drug-likeness (QED) is 0.861. The Bertz CT molecular complexity index is 466. The molecule has 0 heterocycles. The van der Waals surface area contributed by atoms with Gasteiger partial charge in [0.15, 0.2) is 0 Å². The SMILES string of the molecule is CNC(=O)CNC(=O)C1(c2ccc(Cl)cc2)CC1. The van der Waals surface area contributed by atoms with E-state index >= 15 is 0 Å². The fourth-order valence-electron chi connectivity index (χ4n) is 1.96. The van der Waals surface area contributed by atoms with Crippen LogP contribution in [0.5, 0.6) is 0 Å². The third kappa shape index (κ3) is 2.48. The molecule has 0 aromatic heterocycles. The molecule has 2 amide bonds. The summed E-state index contributed by atoms with van der Waals surface area (Å²) in [4.78, 5) is 23.2. The third-order valence-corrected chi connectivity index (χ3v) is 3.52. The van der Waals surface area contributed by atoms with Crippen molar-refractivity contribution in [2.75, 3.05) is 13.6 Å². The predicted octanol–water partition coefficient (Wildman–Crippen LogP) is 1.23. The van der Waals surface area contributed by atoms with E-state index in [0.717, 1.165) is 18.4 Å². The molecule has 0 atom stereocenters. The fourth-order valence-corrected chi connectivity index (χ4v) is 2.08. The zero-order valence-corrected chi connectivity index (χ0v) is 10.9. The average molecular weight is 267 g/mol. The van der Waals surface area contributed by atoms with Gasteiger partial charge in [0.1, 0.15) is 0 Å². The molecule has 0 spiro atoms. The first-order valence-electron chi connectivity index (χ1n) is 5.83. The van der Waals surface area contributed by atoms with Crippen molar-refractivity contribution in [2.45, 2.75) is 18.3 Å². The second-order valence-electron chi connectivity index (χ2n) is 4.44. The first-order chi connectivity index (χ1) is 8.58. The van der Waals surface area contributed by atoms with Gasteiger partial charge >= 0.3 is 0 Å². The number of rotatable bonds is 4. The molecule has 18 heavy (non-hydrogen) atoms. The summed E-state index contributed by atoms with van der Waals surface area (Å²) in [6.07, 6.45) is 1.63. The van der Waals surface area contributed by atoms with Crippen LogP contribution in [0.3, 0.4) is 0 Å². The van der Waals surface area contributed by atoms with Crippen LogP contribution in [-0.2, 0) is 15.0 Å². The largest absolute Gasteiger partial charge is 0.358 e. The summed E-state index contributed by atoms with van der Waals surface area (Å²) < 4.78 is 0. The molecule has 96 valence electrons. The van der Waals surface area contributed by atoms with Crippen LogP contribution in [0.4, 0.5) is 0 Å². The molecule has 4 nitrogen and oxygen atoms in total. The third-order valence-electron chi connectivity index (χ3n) is 3.27. The zero-order valence-electron chi connectivity index (χ0n) is 10.1. The van der Waals surface area contributed by atoms with E-state index in [4.69, 9.17) is 11.6 Å². The maximum atomic E-state index is 12.1. The zero-order chi connectivity index (χ0) is 13.2. The maximum absolute atomic E-state index is 12.1. The highest BCUT2D eigenvalue weighted by Crippen LogP contribution is 2.48. The number of halogens is 1. The van der Waals surface area contributed by atoms with Crippen LogP contribution in [0, 0.1) is 0 Å². The molecule has 1 aliphatic carbocycles. The minimum absolute atomic E-state index is 0.0185. The van der Waals surface area contributed by atoms with Crippen LogP contribution >= 0.6 is 11.6 Å². The number of benzene rings is 1. The molecule has 0 saturated heterocycles. The lowest BCUT2D eigenvalue weighted by Gasteiger charge is -2.15. The molecule has 1 aromatic carbocycles. The molecular formula is C13H15ClN2O2. The highest BCUT2D eigenvalue weighted by Gasteiger charge is 2.51. The number of amides is 2. The van der Waals surface area contributed by atoms with Crippen LogP contribution in [0.15, 0.2) is 24.3 Å². The molecule has 0 aliphatic heterocycles. The number of hydrogen-bond acceptors (Lipinski definition) is 2. The van der Waals surface area contributed by atoms with Gasteiger partial charge < -0.3 is 10.6 Å². The van der Waals surface area contributed by atoms with Gasteiger partial charge in [0, 0.05) is 12.1 Å². The molecule has 1 aromatic rings. The summed E-state index contributed by atoms with van der Waals surface area (Å²) in [5.74, 6) is -0.288. The molecule has 1 saturated carbocycles. The minimum atomic E-state index is -0.460. The van der Waals surface area contributed by atoms with Gasteiger partial charge in [-0.25, -0.2) is 0 Å². The van der Waals surface area contributed by atoms with E-state index in [1.807, 2.05) is 12.1 Å². The van der Waals surface area contributed by atoms with Crippen molar-refractivity contribution < 1.29 is 9.59 Å². The summed E-state index contributed by atoms with van der Waals surface area (Å²) in [5.41, 5.74) is 0.500. The van der Waals surface area contributed by atoms with E-state index in [2.05, 4.69) is 10.6 Å². The van der Waals surface area contributed by atoms with Gasteiger partial charge in [0.25, 0.3) is 0 Å². The Kier molecular flexibility index (Phi) is 3.57. The van der Waals surface area contributed by atoms with E-state index in [1.54, 1.807) is 19.2 Å². The molecule has 2 rings (SSSR count). The minimum Gasteiger partial charge on any atom is -0.358 e. The van der Waals surface area contributed by atoms with Gasteiger partial charge in [-0.15, -0.1) is 0 Å². The Labute approximate surface area is 111 Å². The summed E-state index contributed by atoms with van der Waals surface area (Å²) in [6, 6.07) is 7.30. The standard InChI is InChI=1S/C13H15ClN2O2/c1-15-11(17)8-16-12(18)13(6-7-13)9-2-4-10(14)5-3-9/h2-5H,6-8H2,1H3,(H,15,17)(H,16,18). The Morgan fingerprint density at radius 2 is 1.89 bits per heavy atom. The number of carbonyl (C=O) groups excluding carboxylic acids is 2. The van der Waals surface area contributed by atoms with Crippen LogP contribution in [0.25, 0.3) is 0 Å². The van der Waals surface area contributed by atoms with Crippen molar-refractivity contribution in [3.63, 3.8) is 0 Å². The van der Waals surface area contributed by atoms with Crippen molar-refractivity contribution in [1.29, 1.82) is 0 Å². The number of hydrogen-bond donors (Lipinski definition) is 2. The fraction of sp³-hybridized carbons (Fsp3) is 0.385. The molecule has 2 N–H and O–H groups in total. The monoisotopic (exact) mass is 266 g/mol. The van der Waals surface area contributed by atoms with Crippen molar-refractivity contribution in [2.24, 2.45) is 0 Å². The normalized spacial score (nSPS) is 15.9. The Morgan fingerprint density at radius 3 is 2.39 bits per heavy atom. The molecule has 0 radical (unpaired) electrons. The van der Waals surface area contributed by atoms with Crippen molar-refractivity contribution in [3.05, 3.63) is 34.9 Å². The van der Waals surface area contributed by atoms with Crippen LogP contribution in [0.1, 0.15) is 18.4 Å². The van der Waals surface area contributed by atoms with Gasteiger partial charge in [0.2, 0.25) is 11.8 Å². The number of nitrogens with one attached hydrogen (secondary N) is 2. The lowest BCUT2D eigenvalue weighted by Crippen LogP contribution is -2.40.